The molecule has 5 aliphatic rings. The number of benzene rings is 5. The van der Waals surface area contributed by atoms with Gasteiger partial charge < -0.3 is 45.1 Å². The number of phenolic OH excluding ortho intramolecular Hbond substituents is 2. The van der Waals surface area contributed by atoms with Crippen molar-refractivity contribution in [2.24, 2.45) is 17.6 Å². The van der Waals surface area contributed by atoms with Gasteiger partial charge in [0.05, 0.1) is 31.6 Å². The number of ether oxygens (including phenoxy) is 3. The van der Waals surface area contributed by atoms with Crippen LogP contribution < -0.4 is 15.8 Å². The van der Waals surface area contributed by atoms with Crippen LogP contribution in [0, 0.1) is 23.7 Å². The maximum Gasteiger partial charge on any atom is 0.161 e. The Bertz CT molecular complexity index is 2980. The molecule has 0 spiro atoms. The third-order valence-corrected chi connectivity index (χ3v) is 15.6. The van der Waals surface area contributed by atoms with Gasteiger partial charge in [-0.2, -0.15) is 0 Å². The Hall–Kier alpha value is -6.28. The Kier molecular flexibility index (Phi) is 12.8. The van der Waals surface area contributed by atoms with Crippen molar-refractivity contribution in [2.75, 3.05) is 19.8 Å². The van der Waals surface area contributed by atoms with Gasteiger partial charge in [0.15, 0.2) is 11.5 Å². The van der Waals surface area contributed by atoms with Crippen LogP contribution >= 0.6 is 0 Å². The fraction of sp³-hybridized carbons (Fsp3) is 0.367. The average Bonchev–Trinajstić information content (AvgIpc) is 3.80. The smallest absolute Gasteiger partial charge is 0.161 e. The van der Waals surface area contributed by atoms with Gasteiger partial charge in [0.2, 0.25) is 0 Å². The number of hydrogen-bond acceptors (Lipinski definition) is 8. The number of nitrogens with two attached hydrogens (primary N) is 1. The zero-order chi connectivity index (χ0) is 46.9. The highest BCUT2D eigenvalue weighted by atomic mass is 16.5. The third kappa shape index (κ3) is 9.44. The molecule has 5 aromatic carbocycles. The van der Waals surface area contributed by atoms with Crippen LogP contribution in [0.5, 0.6) is 17.2 Å². The van der Waals surface area contributed by atoms with E-state index in [0.29, 0.717) is 56.3 Å². The van der Waals surface area contributed by atoms with E-state index < -0.39 is 12.3 Å². The van der Waals surface area contributed by atoms with Gasteiger partial charge in [0, 0.05) is 58.7 Å². The Labute approximate surface area is 405 Å². The lowest BCUT2D eigenvalue weighted by atomic mass is 9.57. The second kappa shape index (κ2) is 19.6. The number of nitrogens with zero attached hydrogens (tertiary/aromatic N) is 1. The van der Waals surface area contributed by atoms with Crippen LogP contribution in [0.4, 0.5) is 0 Å². The monoisotopic (exact) mass is 921 g/mol. The maximum absolute atomic E-state index is 11.6. The summed E-state index contributed by atoms with van der Waals surface area (Å²) in [6.07, 6.45) is 14.7. The lowest BCUT2D eigenvalue weighted by Gasteiger charge is -2.49. The van der Waals surface area contributed by atoms with Gasteiger partial charge in [-0.15, -0.1) is 0 Å². The molecule has 11 rings (SSSR count). The summed E-state index contributed by atoms with van der Waals surface area (Å²) in [7, 11) is 0. The Balaban J connectivity index is 0.999. The van der Waals surface area contributed by atoms with Crippen LogP contribution in [0.15, 0.2) is 133 Å². The van der Waals surface area contributed by atoms with E-state index in [1.165, 1.54) is 22.3 Å². The molecule has 6 unspecified atom stereocenters. The van der Waals surface area contributed by atoms with Crippen LogP contribution in [-0.4, -0.2) is 58.1 Å². The van der Waals surface area contributed by atoms with Crippen LogP contribution in [0.1, 0.15) is 95.9 Å². The van der Waals surface area contributed by atoms with Crippen LogP contribution in [0.2, 0.25) is 0 Å². The molecule has 0 amide bonds. The number of fused-ring (bicyclic) bond motifs is 9. The summed E-state index contributed by atoms with van der Waals surface area (Å²) in [4.78, 5) is 0. The molecule has 6 atom stereocenters. The summed E-state index contributed by atoms with van der Waals surface area (Å²) >= 11 is 0. The van der Waals surface area contributed by atoms with E-state index in [-0.39, 0.29) is 29.8 Å². The first-order chi connectivity index (χ1) is 33.8. The molecule has 354 valence electrons. The molecular formula is C60H63N3O6. The molecule has 9 heteroatoms. The van der Waals surface area contributed by atoms with Crippen molar-refractivity contribution in [3.05, 3.63) is 177 Å². The Morgan fingerprint density at radius 2 is 1.70 bits per heavy atom. The van der Waals surface area contributed by atoms with Crippen LogP contribution in [0.3, 0.4) is 0 Å². The Morgan fingerprint density at radius 1 is 0.826 bits per heavy atom. The van der Waals surface area contributed by atoms with Crippen molar-refractivity contribution >= 4 is 16.6 Å². The first-order valence-electron chi connectivity index (χ1n) is 25.2. The van der Waals surface area contributed by atoms with Gasteiger partial charge >= 0.3 is 0 Å². The first kappa shape index (κ1) is 45.2. The molecule has 1 aliphatic carbocycles. The molecule has 4 aliphatic heterocycles. The number of nitrogens with one attached hydrogen (secondary N) is 1. The quantitative estimate of drug-likeness (QED) is 0.104. The fourth-order valence-electron chi connectivity index (χ4n) is 11.9. The molecule has 6 bridgehead atoms. The second-order valence-corrected chi connectivity index (χ2v) is 20.1. The molecule has 9 nitrogen and oxygen atoms in total. The van der Waals surface area contributed by atoms with E-state index in [1.807, 2.05) is 48.5 Å². The zero-order valence-electron chi connectivity index (χ0n) is 39.3. The summed E-state index contributed by atoms with van der Waals surface area (Å²) < 4.78 is 21.9. The molecule has 6 aromatic rings. The van der Waals surface area contributed by atoms with Gasteiger partial charge in [-0.3, -0.25) is 0 Å². The summed E-state index contributed by atoms with van der Waals surface area (Å²) in [6, 6.07) is 35.5. The predicted molar refractivity (Wildman–Crippen MR) is 271 cm³/mol. The minimum absolute atomic E-state index is 0.0896. The van der Waals surface area contributed by atoms with Crippen molar-refractivity contribution in [1.29, 1.82) is 0 Å². The standard InChI is InChI=1S/C60H63N3O6/c61-58-32-44-19-15-39(13-14-41-17-23-55(65)45(28-41)27-40-7-2-1-3-8-40)9-6-11-51-33-50(64)22-16-42-18-24-56(66)57(29-42)69-36-47-31-49(30-46-34-63(35-52(46)47)59(62-58)53(44)38-68-51)60-25-26-67-37-48(60)21-20-43-10-4-5-12-54(43)60/h1-5,7-8,10,12,17-18,23-24,28-32,34-35,39,48,50-51,58,62,64-66H,6,9,11,13-14,16,20-22,25-27,33,36-38,61H2. The van der Waals surface area contributed by atoms with Crippen LogP contribution in [0.25, 0.3) is 16.6 Å². The topological polar surface area (TPSA) is 131 Å². The van der Waals surface area contributed by atoms with Gasteiger partial charge in [0.1, 0.15) is 18.2 Å². The highest BCUT2D eigenvalue weighted by Gasteiger charge is 2.47. The van der Waals surface area contributed by atoms with Crippen molar-refractivity contribution in [3.63, 3.8) is 0 Å². The van der Waals surface area contributed by atoms with E-state index in [2.05, 4.69) is 88.7 Å². The molecule has 0 saturated carbocycles. The number of aromatic nitrogens is 1. The number of phenols is 2. The van der Waals surface area contributed by atoms with Gasteiger partial charge in [-0.1, -0.05) is 90.7 Å². The van der Waals surface area contributed by atoms with E-state index in [0.717, 1.165) is 108 Å². The summed E-state index contributed by atoms with van der Waals surface area (Å²) in [5, 5.41) is 39.3. The summed E-state index contributed by atoms with van der Waals surface area (Å²) in [6.45, 7) is 1.95. The minimum Gasteiger partial charge on any atom is -0.508 e. The Morgan fingerprint density at radius 3 is 2.61 bits per heavy atom. The maximum atomic E-state index is 11.6. The summed E-state index contributed by atoms with van der Waals surface area (Å²) in [5.74, 6) is 9.46. The average molecular weight is 922 g/mol. The lowest BCUT2D eigenvalue weighted by molar-refractivity contribution is 0.00498. The van der Waals surface area contributed by atoms with Gasteiger partial charge in [0.25, 0.3) is 0 Å². The zero-order valence-corrected chi connectivity index (χ0v) is 39.3. The molecule has 1 saturated heterocycles. The second-order valence-electron chi connectivity index (χ2n) is 20.1. The lowest BCUT2D eigenvalue weighted by Crippen LogP contribution is -2.47. The number of aromatic hydroxyl groups is 2. The molecule has 0 radical (unpaired) electrons. The van der Waals surface area contributed by atoms with Gasteiger partial charge in [-0.05, 0) is 151 Å². The number of aliphatic hydroxyl groups excluding tert-OH is 1. The molecule has 5 heterocycles. The van der Waals surface area contributed by atoms with Crippen molar-refractivity contribution in [1.82, 2.24) is 9.88 Å². The van der Waals surface area contributed by atoms with Gasteiger partial charge in [-0.25, -0.2) is 0 Å². The SMILES string of the molecule is NC1C=C2C#CC(CCc3ccc(O)c(Cc4ccccc4)c3)CCCC3CC(O)CCc4ccc(O)c(c4)OCc4cc(C56CCOCC5CCc5ccccc56)cc5cn(cc45)C(=C2CO3)N1. The van der Waals surface area contributed by atoms with Crippen LogP contribution in [-0.2, 0) is 47.2 Å². The van der Waals surface area contributed by atoms with Crippen molar-refractivity contribution < 1.29 is 29.5 Å². The number of aliphatic hydroxyl groups is 1. The van der Waals surface area contributed by atoms with E-state index in [9.17, 15) is 15.3 Å². The van der Waals surface area contributed by atoms with Crippen molar-refractivity contribution in [3.8, 4) is 29.1 Å². The normalized spacial score (nSPS) is 24.8. The highest BCUT2D eigenvalue weighted by Crippen LogP contribution is 2.52. The molecule has 6 N–H and O–H groups in total. The molecule has 1 fully saturated rings. The number of aryl methyl sites for hydroxylation is 3. The number of dihydropyridines is 1. The molecular weight excluding hydrogens is 859 g/mol. The minimum atomic E-state index is -0.591. The van der Waals surface area contributed by atoms with E-state index in [1.54, 1.807) is 6.07 Å². The van der Waals surface area contributed by atoms with E-state index >= 15 is 0 Å². The third-order valence-electron chi connectivity index (χ3n) is 15.6. The fourth-order valence-corrected chi connectivity index (χ4v) is 11.9. The molecule has 69 heavy (non-hydrogen) atoms. The highest BCUT2D eigenvalue weighted by molar-refractivity contribution is 5.88. The number of hydrogen-bond donors (Lipinski definition) is 5. The largest absolute Gasteiger partial charge is 0.508 e. The molecule has 1 aromatic heterocycles. The van der Waals surface area contributed by atoms with E-state index in [4.69, 9.17) is 19.9 Å². The summed E-state index contributed by atoms with van der Waals surface area (Å²) in [5.41, 5.74) is 17.8. The predicted octanol–water partition coefficient (Wildman–Crippen LogP) is 9.99. The number of rotatable bonds is 6. The first-order valence-corrected chi connectivity index (χ1v) is 25.2. The van der Waals surface area contributed by atoms with Crippen molar-refractivity contribution in [2.45, 2.75) is 107 Å².